The average Bonchev–Trinajstić information content (AvgIpc) is 3.88. The molecule has 0 fully saturated rings. The molecule has 0 unspecified atom stereocenters. The van der Waals surface area contributed by atoms with Crippen molar-refractivity contribution in [2.75, 3.05) is 13.7 Å². The Balaban J connectivity index is 1.12. The van der Waals surface area contributed by atoms with Gasteiger partial charge in [0.1, 0.15) is 24.7 Å². The van der Waals surface area contributed by atoms with Crippen molar-refractivity contribution in [3.63, 3.8) is 0 Å². The number of para-hydroxylation sites is 1. The first-order chi connectivity index (χ1) is 24.8. The third kappa shape index (κ3) is 8.92. The van der Waals surface area contributed by atoms with Gasteiger partial charge in [0, 0.05) is 23.1 Å². The van der Waals surface area contributed by atoms with Gasteiger partial charge in [-0.1, -0.05) is 50.2 Å². The summed E-state index contributed by atoms with van der Waals surface area (Å²) in [6.07, 6.45) is 6.14. The van der Waals surface area contributed by atoms with Crippen LogP contribution in [0.25, 0.3) is 29.3 Å². The molecule has 6 aromatic rings. The van der Waals surface area contributed by atoms with Crippen molar-refractivity contribution < 1.29 is 28.2 Å². The van der Waals surface area contributed by atoms with Crippen LogP contribution in [0.5, 0.6) is 17.4 Å². The number of hydrogen-bond donors (Lipinski definition) is 0. The van der Waals surface area contributed by atoms with Gasteiger partial charge in [0.25, 0.3) is 0 Å². The molecule has 0 N–H and O–H groups in total. The average molecular weight is 705 g/mol. The molecule has 3 aromatic carbocycles. The van der Waals surface area contributed by atoms with Gasteiger partial charge in [-0.25, -0.2) is 14.6 Å². The molecule has 11 heteroatoms. The third-order valence-corrected chi connectivity index (χ3v) is 9.07. The number of methoxy groups -OCH3 is 1. The lowest BCUT2D eigenvalue weighted by molar-refractivity contribution is -0.142. The predicted molar refractivity (Wildman–Crippen MR) is 197 cm³/mol. The summed E-state index contributed by atoms with van der Waals surface area (Å²) in [7, 11) is 1.60. The fraction of sp³-hybridized carbons (Fsp3) is 0.250. The van der Waals surface area contributed by atoms with Crippen LogP contribution in [0.2, 0.25) is 0 Å². The summed E-state index contributed by atoms with van der Waals surface area (Å²) in [5, 5.41) is 7.91. The smallest absolute Gasteiger partial charge is 0.310 e. The fourth-order valence-electron chi connectivity index (χ4n) is 5.18. The van der Waals surface area contributed by atoms with E-state index in [0.29, 0.717) is 47.2 Å². The normalized spacial score (nSPS) is 11.3. The van der Waals surface area contributed by atoms with Gasteiger partial charge >= 0.3 is 5.97 Å². The van der Waals surface area contributed by atoms with Crippen LogP contribution in [0, 0.1) is 6.92 Å². The second-order valence-corrected chi connectivity index (χ2v) is 12.9. The minimum Gasteiger partial charge on any atom is -0.493 e. The summed E-state index contributed by atoms with van der Waals surface area (Å²) >= 11 is 1.66. The number of carbonyl (C=O) groups excluding carboxylic acids is 1. The number of carbonyl (C=O) groups is 1. The molecular weight excluding hydrogens is 665 g/mol. The number of ether oxygens (including phenoxy) is 4. The highest BCUT2D eigenvalue weighted by molar-refractivity contribution is 7.09. The SMILES string of the molecule is CCOC(=O)Cc1ccc(-c2nc(COc3ccc(COc4nn(-c5ccccc5)cc4/C=C/c4csc(C(C)C)n4)cc3OC)c(C)o2)cc1. The summed E-state index contributed by atoms with van der Waals surface area (Å²) in [6, 6.07) is 23.1. The van der Waals surface area contributed by atoms with E-state index in [-0.39, 0.29) is 25.6 Å². The molecule has 0 spiro atoms. The van der Waals surface area contributed by atoms with Gasteiger partial charge in [0.2, 0.25) is 11.8 Å². The summed E-state index contributed by atoms with van der Waals surface area (Å²) in [5.74, 6) is 2.88. The van der Waals surface area contributed by atoms with Crippen molar-refractivity contribution in [2.45, 2.75) is 53.2 Å². The summed E-state index contributed by atoms with van der Waals surface area (Å²) in [6.45, 7) is 8.74. The zero-order valence-electron chi connectivity index (χ0n) is 29.3. The maximum Gasteiger partial charge on any atom is 0.310 e. The molecule has 0 atom stereocenters. The highest BCUT2D eigenvalue weighted by atomic mass is 32.1. The minimum atomic E-state index is -0.256. The summed E-state index contributed by atoms with van der Waals surface area (Å²) in [4.78, 5) is 21.2. The van der Waals surface area contributed by atoms with Gasteiger partial charge in [-0.3, -0.25) is 4.79 Å². The monoisotopic (exact) mass is 704 g/mol. The molecule has 0 bridgehead atoms. The lowest BCUT2D eigenvalue weighted by atomic mass is 10.1. The van der Waals surface area contributed by atoms with Gasteiger partial charge in [0.15, 0.2) is 11.5 Å². The lowest BCUT2D eigenvalue weighted by Crippen LogP contribution is -2.07. The second-order valence-electron chi connectivity index (χ2n) is 12.0. The van der Waals surface area contributed by atoms with Crippen molar-refractivity contribution in [3.05, 3.63) is 123 Å². The fourth-order valence-corrected chi connectivity index (χ4v) is 5.98. The Morgan fingerprint density at radius 1 is 0.941 bits per heavy atom. The Labute approximate surface area is 301 Å². The van der Waals surface area contributed by atoms with E-state index in [1.165, 1.54) is 0 Å². The number of oxazole rings is 1. The van der Waals surface area contributed by atoms with E-state index in [9.17, 15) is 4.79 Å². The summed E-state index contributed by atoms with van der Waals surface area (Å²) in [5.41, 5.74) is 5.88. The van der Waals surface area contributed by atoms with Crippen molar-refractivity contribution in [1.29, 1.82) is 0 Å². The first-order valence-corrected chi connectivity index (χ1v) is 17.6. The van der Waals surface area contributed by atoms with Gasteiger partial charge in [-0.15, -0.1) is 16.4 Å². The number of nitrogens with zero attached hydrogens (tertiary/aromatic N) is 4. The van der Waals surface area contributed by atoms with Crippen molar-refractivity contribution >= 4 is 29.5 Å². The number of aromatic nitrogens is 4. The van der Waals surface area contributed by atoms with Crippen LogP contribution >= 0.6 is 11.3 Å². The Hall–Kier alpha value is -5.68. The zero-order chi connectivity index (χ0) is 35.7. The molecule has 51 heavy (non-hydrogen) atoms. The largest absolute Gasteiger partial charge is 0.493 e. The van der Waals surface area contributed by atoms with E-state index in [4.69, 9.17) is 33.4 Å². The number of aryl methyl sites for hydroxylation is 1. The molecular formula is C40H40N4O6S. The van der Waals surface area contributed by atoms with Crippen LogP contribution < -0.4 is 14.2 Å². The molecule has 10 nitrogen and oxygen atoms in total. The highest BCUT2D eigenvalue weighted by Crippen LogP contribution is 2.31. The molecule has 0 saturated carbocycles. The van der Waals surface area contributed by atoms with Crippen LogP contribution in [0.1, 0.15) is 65.5 Å². The number of esters is 1. The molecule has 3 aromatic heterocycles. The van der Waals surface area contributed by atoms with E-state index in [1.807, 2.05) is 103 Å². The van der Waals surface area contributed by atoms with Crippen LogP contribution in [0.4, 0.5) is 0 Å². The number of hydrogen-bond acceptors (Lipinski definition) is 10. The van der Waals surface area contributed by atoms with E-state index < -0.39 is 0 Å². The topological polar surface area (TPSA) is 111 Å². The predicted octanol–water partition coefficient (Wildman–Crippen LogP) is 8.86. The maximum atomic E-state index is 11.8. The van der Waals surface area contributed by atoms with Crippen LogP contribution in [0.3, 0.4) is 0 Å². The quantitative estimate of drug-likeness (QED) is 0.0968. The Morgan fingerprint density at radius 3 is 2.45 bits per heavy atom. The number of rotatable bonds is 15. The van der Waals surface area contributed by atoms with Gasteiger partial charge < -0.3 is 23.4 Å². The molecule has 0 saturated heterocycles. The summed E-state index contributed by atoms with van der Waals surface area (Å²) < 4.78 is 30.9. The zero-order valence-corrected chi connectivity index (χ0v) is 30.1. The van der Waals surface area contributed by atoms with Crippen LogP contribution in [-0.4, -0.2) is 39.4 Å². The van der Waals surface area contributed by atoms with Gasteiger partial charge in [-0.05, 0) is 73.5 Å². The second kappa shape index (κ2) is 16.4. The third-order valence-electron chi connectivity index (χ3n) is 7.91. The Morgan fingerprint density at radius 2 is 1.73 bits per heavy atom. The molecule has 0 aliphatic carbocycles. The van der Waals surface area contributed by atoms with Crippen molar-refractivity contribution in [3.8, 4) is 34.5 Å². The minimum absolute atomic E-state index is 0.187. The van der Waals surface area contributed by atoms with Gasteiger partial charge in [0.05, 0.1) is 42.1 Å². The first kappa shape index (κ1) is 35.2. The Bertz CT molecular complexity index is 2100. The van der Waals surface area contributed by atoms with E-state index in [0.717, 1.165) is 38.6 Å². The first-order valence-electron chi connectivity index (χ1n) is 16.7. The number of thiazole rings is 1. The number of benzene rings is 3. The molecule has 0 aliphatic heterocycles. The van der Waals surface area contributed by atoms with E-state index in [2.05, 4.69) is 24.2 Å². The molecule has 262 valence electrons. The molecule has 0 amide bonds. The van der Waals surface area contributed by atoms with Crippen LogP contribution in [0.15, 0.2) is 88.8 Å². The molecule has 0 radical (unpaired) electrons. The standard InChI is InChI=1S/C40H40N4O6S/c1-6-47-37(45)21-28-12-15-30(16-13-28)38-42-34(27(4)50-38)24-48-35-19-14-29(20-36(35)46-5)23-49-39-31(17-18-32-25-51-40(41-32)26(2)3)22-44(43-39)33-10-8-7-9-11-33/h7-20,22,25-26H,6,21,23-24H2,1-5H3/b18-17+. The van der Waals surface area contributed by atoms with Crippen molar-refractivity contribution in [2.24, 2.45) is 0 Å². The van der Waals surface area contributed by atoms with Crippen molar-refractivity contribution in [1.82, 2.24) is 19.7 Å². The highest BCUT2D eigenvalue weighted by Gasteiger charge is 2.16. The molecule has 3 heterocycles. The van der Waals surface area contributed by atoms with Crippen LogP contribution in [-0.2, 0) is 29.2 Å². The maximum absolute atomic E-state index is 11.8. The molecule has 6 rings (SSSR count). The van der Waals surface area contributed by atoms with E-state index >= 15 is 0 Å². The molecule has 0 aliphatic rings. The van der Waals surface area contributed by atoms with Gasteiger partial charge in [-0.2, -0.15) is 0 Å². The van der Waals surface area contributed by atoms with E-state index in [1.54, 1.807) is 25.4 Å². The Kier molecular flexibility index (Phi) is 11.3. The lowest BCUT2D eigenvalue weighted by Gasteiger charge is -2.12.